The second kappa shape index (κ2) is 5.29. The van der Waals surface area contributed by atoms with Gasteiger partial charge in [0, 0.05) is 11.9 Å². The zero-order valence-electron chi connectivity index (χ0n) is 10.8. The molecule has 100 valence electrons. The molecule has 0 unspecified atom stereocenters. The molecule has 1 aromatic heterocycles. The lowest BCUT2D eigenvalue weighted by molar-refractivity contribution is 0.530. The second-order valence-corrected chi connectivity index (χ2v) is 5.75. The van der Waals surface area contributed by atoms with Crippen molar-refractivity contribution in [3.8, 4) is 0 Å². The van der Waals surface area contributed by atoms with Crippen molar-refractivity contribution in [3.63, 3.8) is 0 Å². The minimum absolute atomic E-state index is 0.159. The van der Waals surface area contributed by atoms with Gasteiger partial charge >= 0.3 is 0 Å². The largest absolute Gasteiger partial charge is 0.468 e. The fourth-order valence-corrected chi connectivity index (χ4v) is 3.36. The molecule has 3 rings (SSSR count). The molecule has 0 aliphatic heterocycles. The number of hydrogen-bond donors (Lipinski definition) is 1. The van der Waals surface area contributed by atoms with Crippen LogP contribution < -0.4 is 5.32 Å². The number of furan rings is 1. The summed E-state index contributed by atoms with van der Waals surface area (Å²) in [4.78, 5) is 1.16. The number of benzene rings is 1. The first-order valence-corrected chi connectivity index (χ1v) is 7.43. The third-order valence-corrected chi connectivity index (χ3v) is 4.48. The van der Waals surface area contributed by atoms with Crippen molar-refractivity contribution in [1.29, 1.82) is 0 Å². The molecule has 2 nitrogen and oxygen atoms in total. The third kappa shape index (κ3) is 2.78. The Balaban J connectivity index is 1.88. The van der Waals surface area contributed by atoms with Crippen molar-refractivity contribution in [2.45, 2.75) is 29.4 Å². The molecule has 0 amide bonds. The summed E-state index contributed by atoms with van der Waals surface area (Å²) in [7, 11) is 1.84. The summed E-state index contributed by atoms with van der Waals surface area (Å²) in [6, 6.07) is 7.10. The number of thioether (sulfide) groups is 1. The first-order valence-electron chi connectivity index (χ1n) is 6.44. The Kier molecular flexibility index (Phi) is 3.51. The van der Waals surface area contributed by atoms with Gasteiger partial charge in [-0.25, -0.2) is 4.39 Å². The monoisotopic (exact) mass is 277 g/mol. The first-order chi connectivity index (χ1) is 9.28. The average Bonchev–Trinajstić information content (AvgIpc) is 3.13. The predicted molar refractivity (Wildman–Crippen MR) is 76.2 cm³/mol. The lowest BCUT2D eigenvalue weighted by Crippen LogP contribution is -1.97. The molecule has 1 aromatic carbocycles. The summed E-state index contributed by atoms with van der Waals surface area (Å²) in [6.07, 6.45) is 4.02. The highest BCUT2D eigenvalue weighted by molar-refractivity contribution is 7.98. The van der Waals surface area contributed by atoms with Gasteiger partial charge in [0.1, 0.15) is 11.6 Å². The first kappa shape index (κ1) is 12.6. The van der Waals surface area contributed by atoms with Crippen molar-refractivity contribution in [2.75, 3.05) is 12.4 Å². The van der Waals surface area contributed by atoms with Crippen molar-refractivity contribution in [2.24, 2.45) is 0 Å². The molecular formula is C15H16FNOS. The molecule has 0 atom stereocenters. The van der Waals surface area contributed by atoms with Crippen LogP contribution in [-0.2, 0) is 5.75 Å². The molecule has 0 saturated heterocycles. The maximum Gasteiger partial charge on any atom is 0.125 e. The standard InChI is InChI=1S/C15H16FNOS/c1-17-14-8-11(16)7-13(10-4-5-10)15(14)19-9-12-3-2-6-18-12/h2-3,6-8,10,17H,4-5,9H2,1H3. The summed E-state index contributed by atoms with van der Waals surface area (Å²) in [5.74, 6) is 2.08. The van der Waals surface area contributed by atoms with Crippen LogP contribution in [0.15, 0.2) is 39.8 Å². The van der Waals surface area contributed by atoms with Crippen LogP contribution in [0.1, 0.15) is 30.1 Å². The van der Waals surface area contributed by atoms with Gasteiger partial charge in [-0.15, -0.1) is 11.8 Å². The number of nitrogens with one attached hydrogen (secondary N) is 1. The molecule has 1 aliphatic carbocycles. The Labute approximate surface area is 116 Å². The molecule has 0 bridgehead atoms. The van der Waals surface area contributed by atoms with Crippen molar-refractivity contribution in [1.82, 2.24) is 0 Å². The SMILES string of the molecule is CNc1cc(F)cc(C2CC2)c1SCc1ccco1. The van der Waals surface area contributed by atoms with Crippen LogP contribution in [0.5, 0.6) is 0 Å². The summed E-state index contributed by atoms with van der Waals surface area (Å²) in [5, 5.41) is 3.10. The molecule has 0 spiro atoms. The highest BCUT2D eigenvalue weighted by atomic mass is 32.2. The van der Waals surface area contributed by atoms with E-state index in [1.807, 2.05) is 19.2 Å². The Morgan fingerprint density at radius 1 is 1.42 bits per heavy atom. The van der Waals surface area contributed by atoms with Gasteiger partial charge in [-0.3, -0.25) is 0 Å². The normalized spacial score (nSPS) is 14.6. The van der Waals surface area contributed by atoms with Crippen LogP contribution in [0.3, 0.4) is 0 Å². The number of rotatable bonds is 5. The maximum absolute atomic E-state index is 13.6. The molecule has 0 radical (unpaired) electrons. The van der Waals surface area contributed by atoms with Crippen molar-refractivity contribution < 1.29 is 8.81 Å². The van der Waals surface area contributed by atoms with E-state index in [-0.39, 0.29) is 5.82 Å². The van der Waals surface area contributed by atoms with Gasteiger partial charge in [0.15, 0.2) is 0 Å². The number of anilines is 1. The van der Waals surface area contributed by atoms with E-state index in [0.717, 1.165) is 27.7 Å². The van der Waals surface area contributed by atoms with E-state index in [2.05, 4.69) is 5.32 Å². The zero-order chi connectivity index (χ0) is 13.2. The highest BCUT2D eigenvalue weighted by Crippen LogP contribution is 2.47. The van der Waals surface area contributed by atoms with Gasteiger partial charge in [-0.05, 0) is 48.6 Å². The second-order valence-electron chi connectivity index (χ2n) is 4.76. The number of halogens is 1. The van der Waals surface area contributed by atoms with Crippen LogP contribution in [0.25, 0.3) is 0 Å². The molecule has 1 fully saturated rings. The average molecular weight is 277 g/mol. The smallest absolute Gasteiger partial charge is 0.125 e. The molecule has 2 aromatic rings. The minimum Gasteiger partial charge on any atom is -0.468 e. The molecule has 4 heteroatoms. The predicted octanol–water partition coefficient (Wildman–Crippen LogP) is 4.63. The van der Waals surface area contributed by atoms with E-state index < -0.39 is 0 Å². The molecule has 1 saturated carbocycles. The summed E-state index contributed by atoms with van der Waals surface area (Å²) in [5.41, 5.74) is 2.01. The van der Waals surface area contributed by atoms with Crippen molar-refractivity contribution >= 4 is 17.4 Å². The van der Waals surface area contributed by atoms with Crippen LogP contribution >= 0.6 is 11.8 Å². The van der Waals surface area contributed by atoms with Crippen LogP contribution in [-0.4, -0.2) is 7.05 Å². The summed E-state index contributed by atoms with van der Waals surface area (Å²) in [6.45, 7) is 0. The highest BCUT2D eigenvalue weighted by Gasteiger charge is 2.28. The summed E-state index contributed by atoms with van der Waals surface area (Å²) >= 11 is 1.71. The molecule has 1 aliphatic rings. The minimum atomic E-state index is -0.159. The van der Waals surface area contributed by atoms with E-state index in [4.69, 9.17) is 4.42 Å². The Morgan fingerprint density at radius 3 is 2.89 bits per heavy atom. The Bertz CT molecular complexity index is 564. The third-order valence-electron chi connectivity index (χ3n) is 3.31. The van der Waals surface area contributed by atoms with Gasteiger partial charge in [-0.2, -0.15) is 0 Å². The molecule has 1 N–H and O–H groups in total. The van der Waals surface area contributed by atoms with Crippen LogP contribution in [0.2, 0.25) is 0 Å². The van der Waals surface area contributed by atoms with E-state index in [1.54, 1.807) is 30.2 Å². The van der Waals surface area contributed by atoms with E-state index in [0.29, 0.717) is 5.92 Å². The quantitative estimate of drug-likeness (QED) is 0.807. The van der Waals surface area contributed by atoms with Crippen LogP contribution in [0, 0.1) is 5.82 Å². The van der Waals surface area contributed by atoms with E-state index in [9.17, 15) is 4.39 Å². The Hall–Kier alpha value is -1.42. The Morgan fingerprint density at radius 2 is 2.26 bits per heavy atom. The topological polar surface area (TPSA) is 25.2 Å². The van der Waals surface area contributed by atoms with Crippen molar-refractivity contribution in [3.05, 3.63) is 47.7 Å². The number of hydrogen-bond acceptors (Lipinski definition) is 3. The van der Waals surface area contributed by atoms with E-state index >= 15 is 0 Å². The van der Waals surface area contributed by atoms with Crippen LogP contribution in [0.4, 0.5) is 10.1 Å². The van der Waals surface area contributed by atoms with Gasteiger partial charge in [0.25, 0.3) is 0 Å². The lowest BCUT2D eigenvalue weighted by atomic mass is 10.1. The summed E-state index contributed by atoms with van der Waals surface area (Å²) < 4.78 is 19.0. The van der Waals surface area contributed by atoms with Gasteiger partial charge in [-0.1, -0.05) is 0 Å². The maximum atomic E-state index is 13.6. The van der Waals surface area contributed by atoms with Gasteiger partial charge in [0.05, 0.1) is 17.7 Å². The van der Waals surface area contributed by atoms with E-state index in [1.165, 1.54) is 12.8 Å². The molecule has 19 heavy (non-hydrogen) atoms. The zero-order valence-corrected chi connectivity index (χ0v) is 11.6. The van der Waals surface area contributed by atoms with Gasteiger partial charge < -0.3 is 9.73 Å². The fourth-order valence-electron chi connectivity index (χ4n) is 2.20. The molecule has 1 heterocycles. The van der Waals surface area contributed by atoms with Gasteiger partial charge in [0.2, 0.25) is 0 Å². The lowest BCUT2D eigenvalue weighted by Gasteiger charge is -2.14. The molecular weight excluding hydrogens is 261 g/mol. The fraction of sp³-hybridized carbons (Fsp3) is 0.333.